The molecular formula is C25H30FN5O4. The van der Waals surface area contributed by atoms with Crippen LogP contribution in [0.25, 0.3) is 11.4 Å². The van der Waals surface area contributed by atoms with Gasteiger partial charge in [0.05, 0.1) is 23.4 Å². The number of carbonyl (C=O) groups excluding carboxylic acids is 2. The highest BCUT2D eigenvalue weighted by Crippen LogP contribution is 2.36. The van der Waals surface area contributed by atoms with E-state index in [4.69, 9.17) is 10.5 Å². The molecule has 2 aromatic rings. The van der Waals surface area contributed by atoms with E-state index < -0.39 is 23.2 Å². The van der Waals surface area contributed by atoms with Crippen LogP contribution in [0.5, 0.6) is 5.75 Å². The zero-order chi connectivity index (χ0) is 25.3. The molecule has 0 aliphatic carbocycles. The second-order valence-electron chi connectivity index (χ2n) is 9.05. The van der Waals surface area contributed by atoms with Crippen molar-refractivity contribution in [3.63, 3.8) is 0 Å². The standard InChI is InChI=1S/C25H30FN5O4/c1-4-29(3)24(33)25(2,34)8-7-16-13-17-20(14-18(16)26)35-12-11-31-19(15-30-9-5-6-10-30)21(22(27)32)28-23(17)31/h13-14,34H,4-6,9-12,15H2,1-3H3,(H2,27,32). The summed E-state index contributed by atoms with van der Waals surface area (Å²) in [5, 5.41) is 10.5. The van der Waals surface area contributed by atoms with Crippen LogP contribution in [0.4, 0.5) is 4.39 Å². The number of carbonyl (C=O) groups is 2. The first-order valence-electron chi connectivity index (χ1n) is 11.7. The molecule has 1 fully saturated rings. The van der Waals surface area contributed by atoms with Crippen molar-refractivity contribution in [1.29, 1.82) is 0 Å². The van der Waals surface area contributed by atoms with Crippen LogP contribution in [-0.2, 0) is 17.9 Å². The Labute approximate surface area is 203 Å². The number of hydrogen-bond acceptors (Lipinski definition) is 6. The number of nitrogens with two attached hydrogens (primary N) is 1. The number of rotatable bonds is 5. The van der Waals surface area contributed by atoms with Crippen molar-refractivity contribution in [3.05, 3.63) is 34.9 Å². The number of aromatic nitrogens is 2. The van der Waals surface area contributed by atoms with E-state index in [2.05, 4.69) is 21.7 Å². The molecule has 35 heavy (non-hydrogen) atoms. The van der Waals surface area contributed by atoms with E-state index in [0.29, 0.717) is 36.7 Å². The Morgan fingerprint density at radius 3 is 2.69 bits per heavy atom. The lowest BCUT2D eigenvalue weighted by molar-refractivity contribution is -0.142. The van der Waals surface area contributed by atoms with Crippen LogP contribution in [0, 0.1) is 17.7 Å². The van der Waals surface area contributed by atoms with Crippen LogP contribution < -0.4 is 10.5 Å². The first-order valence-corrected chi connectivity index (χ1v) is 11.7. The van der Waals surface area contributed by atoms with Crippen LogP contribution >= 0.6 is 0 Å². The summed E-state index contributed by atoms with van der Waals surface area (Å²) in [6.07, 6.45) is 2.20. The van der Waals surface area contributed by atoms with Gasteiger partial charge in [0, 0.05) is 26.2 Å². The minimum absolute atomic E-state index is 0.0299. The number of likely N-dealkylation sites (N-methyl/N-ethyl adjacent to an activating group) is 1. The molecule has 2 aliphatic heterocycles. The fraction of sp³-hybridized carbons (Fsp3) is 0.480. The minimum atomic E-state index is -1.99. The molecule has 2 aliphatic rings. The number of likely N-dealkylation sites (tertiary alicyclic amines) is 1. The lowest BCUT2D eigenvalue weighted by Crippen LogP contribution is -2.44. The van der Waals surface area contributed by atoms with Gasteiger partial charge < -0.3 is 25.0 Å². The normalized spacial score (nSPS) is 16.7. The van der Waals surface area contributed by atoms with Gasteiger partial charge in [-0.1, -0.05) is 11.8 Å². The smallest absolute Gasteiger partial charge is 0.269 e. The number of halogens is 1. The third-order valence-electron chi connectivity index (χ3n) is 6.44. The van der Waals surface area contributed by atoms with Gasteiger partial charge >= 0.3 is 0 Å². The summed E-state index contributed by atoms with van der Waals surface area (Å²) in [4.78, 5) is 32.7. The van der Waals surface area contributed by atoms with Crippen LogP contribution in [0.1, 0.15) is 48.4 Å². The fourth-order valence-electron chi connectivity index (χ4n) is 4.39. The Morgan fingerprint density at radius 1 is 1.31 bits per heavy atom. The maximum Gasteiger partial charge on any atom is 0.269 e. The largest absolute Gasteiger partial charge is 0.491 e. The van der Waals surface area contributed by atoms with Crippen molar-refractivity contribution in [2.24, 2.45) is 5.73 Å². The van der Waals surface area contributed by atoms with E-state index in [1.165, 1.54) is 24.0 Å². The molecule has 0 spiro atoms. The quantitative estimate of drug-likeness (QED) is 0.621. The summed E-state index contributed by atoms with van der Waals surface area (Å²) in [6, 6.07) is 2.68. The average molecular weight is 484 g/mol. The second-order valence-corrected chi connectivity index (χ2v) is 9.05. The van der Waals surface area contributed by atoms with E-state index in [9.17, 15) is 19.1 Å². The van der Waals surface area contributed by atoms with Crippen LogP contribution in [-0.4, -0.2) is 75.2 Å². The Kier molecular flexibility index (Phi) is 6.83. The minimum Gasteiger partial charge on any atom is -0.491 e. The Hall–Kier alpha value is -3.42. The molecule has 3 heterocycles. The maximum absolute atomic E-state index is 14.9. The first-order chi connectivity index (χ1) is 16.6. The lowest BCUT2D eigenvalue weighted by Gasteiger charge is -2.22. The summed E-state index contributed by atoms with van der Waals surface area (Å²) >= 11 is 0. The molecule has 2 amide bonds. The van der Waals surface area contributed by atoms with Crippen LogP contribution in [0.15, 0.2) is 12.1 Å². The zero-order valence-electron chi connectivity index (χ0n) is 20.2. The summed E-state index contributed by atoms with van der Waals surface area (Å²) in [5.74, 6) is 3.94. The van der Waals surface area contributed by atoms with E-state index in [-0.39, 0.29) is 23.6 Å². The molecule has 1 aromatic heterocycles. The number of amides is 2. The SMILES string of the molecule is CCN(C)C(=O)C(C)(O)C#Cc1cc2c(cc1F)OCCn1c-2nc(C(N)=O)c1CN1CCCC1. The van der Waals surface area contributed by atoms with Crippen molar-refractivity contribution in [1.82, 2.24) is 19.4 Å². The second kappa shape index (κ2) is 9.68. The zero-order valence-corrected chi connectivity index (χ0v) is 20.2. The van der Waals surface area contributed by atoms with Gasteiger partial charge in [-0.3, -0.25) is 14.5 Å². The molecule has 1 saturated heterocycles. The number of ether oxygens (including phenoxy) is 1. The fourth-order valence-corrected chi connectivity index (χ4v) is 4.39. The van der Waals surface area contributed by atoms with Gasteiger partial charge in [-0.2, -0.15) is 0 Å². The van der Waals surface area contributed by atoms with E-state index >= 15 is 0 Å². The third-order valence-corrected chi connectivity index (χ3v) is 6.44. The van der Waals surface area contributed by atoms with Crippen molar-refractivity contribution >= 4 is 11.8 Å². The number of imidazole rings is 1. The van der Waals surface area contributed by atoms with Gasteiger partial charge in [0.1, 0.15) is 24.0 Å². The number of primary amides is 1. The number of nitrogens with zero attached hydrogens (tertiary/aromatic N) is 4. The highest BCUT2D eigenvalue weighted by Gasteiger charge is 2.31. The monoisotopic (exact) mass is 483 g/mol. The molecule has 0 bridgehead atoms. The highest BCUT2D eigenvalue weighted by molar-refractivity contribution is 5.93. The lowest BCUT2D eigenvalue weighted by atomic mass is 10.0. The topological polar surface area (TPSA) is 114 Å². The number of hydrogen-bond donors (Lipinski definition) is 2. The van der Waals surface area contributed by atoms with Gasteiger partial charge in [0.15, 0.2) is 5.69 Å². The molecular weight excluding hydrogens is 453 g/mol. The maximum atomic E-state index is 14.9. The number of aliphatic hydroxyl groups is 1. The van der Waals surface area contributed by atoms with Gasteiger partial charge in [0.25, 0.3) is 11.8 Å². The molecule has 0 radical (unpaired) electrons. The Morgan fingerprint density at radius 2 is 2.03 bits per heavy atom. The molecule has 9 nitrogen and oxygen atoms in total. The van der Waals surface area contributed by atoms with Crippen LogP contribution in [0.3, 0.4) is 0 Å². The van der Waals surface area contributed by atoms with Crippen molar-refractivity contribution in [2.75, 3.05) is 33.3 Å². The molecule has 3 N–H and O–H groups in total. The molecule has 10 heteroatoms. The van der Waals surface area contributed by atoms with Crippen molar-refractivity contribution in [2.45, 2.75) is 45.4 Å². The molecule has 186 valence electrons. The Bertz CT molecular complexity index is 1220. The van der Waals surface area contributed by atoms with Crippen molar-refractivity contribution < 1.29 is 23.8 Å². The summed E-state index contributed by atoms with van der Waals surface area (Å²) < 4.78 is 22.6. The van der Waals surface area contributed by atoms with Gasteiger partial charge in [0.2, 0.25) is 5.60 Å². The summed E-state index contributed by atoms with van der Waals surface area (Å²) in [5.41, 5.74) is 5.00. The van der Waals surface area contributed by atoms with Gasteiger partial charge in [-0.25, -0.2) is 9.37 Å². The molecule has 1 unspecified atom stereocenters. The van der Waals surface area contributed by atoms with E-state index in [1.807, 2.05) is 4.57 Å². The van der Waals surface area contributed by atoms with Crippen LogP contribution in [0.2, 0.25) is 0 Å². The van der Waals surface area contributed by atoms with E-state index in [1.54, 1.807) is 14.0 Å². The predicted octanol–water partition coefficient (Wildman–Crippen LogP) is 1.36. The third kappa shape index (κ3) is 4.88. The summed E-state index contributed by atoms with van der Waals surface area (Å²) in [7, 11) is 1.55. The van der Waals surface area contributed by atoms with Gasteiger partial charge in [-0.15, -0.1) is 0 Å². The Balaban J connectivity index is 1.78. The average Bonchev–Trinajstić information content (AvgIpc) is 3.42. The molecule has 4 rings (SSSR count). The molecule has 1 aromatic carbocycles. The van der Waals surface area contributed by atoms with Gasteiger partial charge in [-0.05, 0) is 45.8 Å². The first kappa shape index (κ1) is 24.7. The summed E-state index contributed by atoms with van der Waals surface area (Å²) in [6.45, 7) is 6.52. The van der Waals surface area contributed by atoms with E-state index in [0.717, 1.165) is 25.9 Å². The number of fused-ring (bicyclic) bond motifs is 3. The highest BCUT2D eigenvalue weighted by atomic mass is 19.1. The predicted molar refractivity (Wildman–Crippen MR) is 127 cm³/mol. The van der Waals surface area contributed by atoms with Crippen molar-refractivity contribution in [3.8, 4) is 29.0 Å². The molecule has 1 atom stereocenters. The molecule has 0 saturated carbocycles. The number of benzene rings is 1.